The fourth-order valence-corrected chi connectivity index (χ4v) is 2.18. The molecule has 0 spiro atoms. The minimum absolute atomic E-state index is 0.177. The highest BCUT2D eigenvalue weighted by molar-refractivity contribution is 5.95. The zero-order chi connectivity index (χ0) is 17.5. The van der Waals surface area contributed by atoms with Crippen molar-refractivity contribution in [2.45, 2.75) is 6.42 Å². The number of tetrazole rings is 1. The molecule has 2 amide bonds. The third-order valence-electron chi connectivity index (χ3n) is 3.44. The van der Waals surface area contributed by atoms with Gasteiger partial charge in [0.05, 0.1) is 5.69 Å². The van der Waals surface area contributed by atoms with Crippen molar-refractivity contribution in [2.75, 3.05) is 11.9 Å². The second-order valence-corrected chi connectivity index (χ2v) is 5.22. The summed E-state index contributed by atoms with van der Waals surface area (Å²) in [5.41, 5.74) is 2.02. The minimum atomic E-state index is -0.195. The highest BCUT2D eigenvalue weighted by Gasteiger charge is 2.07. The molecule has 0 aliphatic heterocycles. The Morgan fingerprint density at radius 2 is 1.76 bits per heavy atom. The molecule has 25 heavy (non-hydrogen) atoms. The van der Waals surface area contributed by atoms with Crippen LogP contribution in [0.1, 0.15) is 16.8 Å². The molecule has 3 aromatic rings. The number of hydrogen-bond acceptors (Lipinski definition) is 5. The summed E-state index contributed by atoms with van der Waals surface area (Å²) in [6.07, 6.45) is 1.68. The first-order valence-electron chi connectivity index (χ1n) is 7.69. The van der Waals surface area contributed by atoms with Gasteiger partial charge in [-0.15, -0.1) is 5.10 Å². The first-order chi connectivity index (χ1) is 12.2. The van der Waals surface area contributed by atoms with Crippen LogP contribution in [0.25, 0.3) is 5.69 Å². The van der Waals surface area contributed by atoms with E-state index in [1.165, 1.54) is 11.0 Å². The first-order valence-corrected chi connectivity index (χ1v) is 7.69. The van der Waals surface area contributed by atoms with Gasteiger partial charge in [-0.3, -0.25) is 9.59 Å². The summed E-state index contributed by atoms with van der Waals surface area (Å²) in [6.45, 7) is 0.266. The van der Waals surface area contributed by atoms with E-state index in [4.69, 9.17) is 0 Å². The summed E-state index contributed by atoms with van der Waals surface area (Å²) >= 11 is 0. The normalized spacial score (nSPS) is 10.2. The molecular weight excluding hydrogens is 320 g/mol. The van der Waals surface area contributed by atoms with Gasteiger partial charge in [-0.2, -0.15) is 0 Å². The number of anilines is 1. The smallest absolute Gasteiger partial charge is 0.251 e. The van der Waals surface area contributed by atoms with E-state index in [9.17, 15) is 9.59 Å². The highest BCUT2D eigenvalue weighted by atomic mass is 16.2. The van der Waals surface area contributed by atoms with Crippen LogP contribution in [0, 0.1) is 0 Å². The van der Waals surface area contributed by atoms with Crippen LogP contribution in [-0.2, 0) is 4.79 Å². The Balaban J connectivity index is 1.45. The van der Waals surface area contributed by atoms with Crippen molar-refractivity contribution in [2.24, 2.45) is 0 Å². The Morgan fingerprint density at radius 3 is 2.44 bits per heavy atom. The average Bonchev–Trinajstić information content (AvgIpc) is 3.18. The van der Waals surface area contributed by atoms with E-state index in [0.29, 0.717) is 11.3 Å². The Labute approximate surface area is 143 Å². The van der Waals surface area contributed by atoms with Gasteiger partial charge in [0, 0.05) is 24.2 Å². The zero-order valence-corrected chi connectivity index (χ0v) is 13.3. The van der Waals surface area contributed by atoms with Crippen LogP contribution < -0.4 is 10.6 Å². The van der Waals surface area contributed by atoms with E-state index in [2.05, 4.69) is 26.2 Å². The van der Waals surface area contributed by atoms with E-state index in [0.717, 1.165) is 5.69 Å². The third kappa shape index (κ3) is 4.47. The van der Waals surface area contributed by atoms with Crippen molar-refractivity contribution in [3.63, 3.8) is 0 Å². The second-order valence-electron chi connectivity index (χ2n) is 5.22. The number of benzene rings is 2. The summed E-state index contributed by atoms with van der Waals surface area (Å²) in [4.78, 5) is 23.8. The van der Waals surface area contributed by atoms with Gasteiger partial charge in [-0.25, -0.2) is 4.68 Å². The second kappa shape index (κ2) is 7.82. The van der Waals surface area contributed by atoms with Crippen LogP contribution in [0.4, 0.5) is 5.69 Å². The monoisotopic (exact) mass is 336 g/mol. The largest absolute Gasteiger partial charge is 0.352 e. The zero-order valence-electron chi connectivity index (χ0n) is 13.3. The standard InChI is InChI=1S/C17H16N6O2/c24-16(10-11-18-17(25)13-4-2-1-3-5-13)20-14-6-8-15(9-7-14)23-12-19-21-22-23/h1-9,12H,10-11H2,(H,18,25)(H,20,24). The molecule has 1 aromatic heterocycles. The van der Waals surface area contributed by atoms with E-state index in [-0.39, 0.29) is 24.8 Å². The highest BCUT2D eigenvalue weighted by Crippen LogP contribution is 2.12. The van der Waals surface area contributed by atoms with Crippen molar-refractivity contribution in [3.05, 3.63) is 66.5 Å². The van der Waals surface area contributed by atoms with Crippen LogP contribution >= 0.6 is 0 Å². The fraction of sp³-hybridized carbons (Fsp3) is 0.118. The number of aromatic nitrogens is 4. The molecule has 0 fully saturated rings. The SMILES string of the molecule is O=C(CCNC(=O)c1ccccc1)Nc1ccc(-n2cnnn2)cc1. The Bertz CT molecular complexity index is 831. The van der Waals surface area contributed by atoms with Gasteiger partial charge in [0.1, 0.15) is 6.33 Å². The first kappa shape index (κ1) is 16.3. The number of rotatable bonds is 6. The number of nitrogens with zero attached hydrogens (tertiary/aromatic N) is 4. The number of carbonyl (C=O) groups is 2. The molecule has 0 aliphatic carbocycles. The summed E-state index contributed by atoms with van der Waals surface area (Å²) in [7, 11) is 0. The lowest BCUT2D eigenvalue weighted by atomic mass is 10.2. The van der Waals surface area contributed by atoms with Crippen molar-refractivity contribution in [1.82, 2.24) is 25.5 Å². The Hall–Kier alpha value is -3.55. The number of amides is 2. The maximum atomic E-state index is 11.9. The molecule has 2 N–H and O–H groups in total. The number of carbonyl (C=O) groups excluding carboxylic acids is 2. The molecule has 0 saturated heterocycles. The van der Waals surface area contributed by atoms with Gasteiger partial charge in [0.25, 0.3) is 5.91 Å². The molecule has 0 aliphatic rings. The predicted molar refractivity (Wildman–Crippen MR) is 91.2 cm³/mol. The van der Waals surface area contributed by atoms with E-state index in [1.807, 2.05) is 6.07 Å². The molecule has 3 rings (SSSR count). The molecule has 0 saturated carbocycles. The topological polar surface area (TPSA) is 102 Å². The van der Waals surface area contributed by atoms with Gasteiger partial charge in [0.2, 0.25) is 5.91 Å². The van der Waals surface area contributed by atoms with Gasteiger partial charge in [0.15, 0.2) is 0 Å². The van der Waals surface area contributed by atoms with Crippen molar-refractivity contribution >= 4 is 17.5 Å². The molecule has 0 unspecified atom stereocenters. The van der Waals surface area contributed by atoms with Crippen LogP contribution in [-0.4, -0.2) is 38.6 Å². The van der Waals surface area contributed by atoms with Crippen LogP contribution in [0.3, 0.4) is 0 Å². The van der Waals surface area contributed by atoms with Crippen LogP contribution in [0.2, 0.25) is 0 Å². The minimum Gasteiger partial charge on any atom is -0.352 e. The summed E-state index contributed by atoms with van der Waals surface area (Å²) in [5, 5.41) is 16.4. The quantitative estimate of drug-likeness (QED) is 0.709. The summed E-state index contributed by atoms with van der Waals surface area (Å²) in [6, 6.07) is 16.0. The molecule has 8 nitrogen and oxygen atoms in total. The molecule has 0 bridgehead atoms. The summed E-state index contributed by atoms with van der Waals surface area (Å²) in [5.74, 6) is -0.372. The lowest BCUT2D eigenvalue weighted by Crippen LogP contribution is -2.27. The lowest BCUT2D eigenvalue weighted by molar-refractivity contribution is -0.116. The molecule has 1 heterocycles. The van der Waals surface area contributed by atoms with Gasteiger partial charge >= 0.3 is 0 Å². The predicted octanol–water partition coefficient (Wildman–Crippen LogP) is 1.42. The van der Waals surface area contributed by atoms with Gasteiger partial charge in [-0.1, -0.05) is 18.2 Å². The fourth-order valence-electron chi connectivity index (χ4n) is 2.18. The van der Waals surface area contributed by atoms with Gasteiger partial charge in [-0.05, 0) is 46.8 Å². The lowest BCUT2D eigenvalue weighted by Gasteiger charge is -2.07. The molecule has 8 heteroatoms. The Kier molecular flexibility index (Phi) is 5.10. The van der Waals surface area contributed by atoms with E-state index >= 15 is 0 Å². The molecular formula is C17H16N6O2. The average molecular weight is 336 g/mol. The maximum Gasteiger partial charge on any atom is 0.251 e. The van der Waals surface area contributed by atoms with Crippen molar-refractivity contribution in [3.8, 4) is 5.69 Å². The molecule has 126 valence electrons. The summed E-state index contributed by atoms with van der Waals surface area (Å²) < 4.78 is 1.52. The van der Waals surface area contributed by atoms with Crippen molar-refractivity contribution < 1.29 is 9.59 Å². The molecule has 0 radical (unpaired) electrons. The molecule has 2 aromatic carbocycles. The maximum absolute atomic E-state index is 11.9. The molecule has 0 atom stereocenters. The van der Waals surface area contributed by atoms with Crippen LogP contribution in [0.15, 0.2) is 60.9 Å². The van der Waals surface area contributed by atoms with Crippen molar-refractivity contribution in [1.29, 1.82) is 0 Å². The van der Waals surface area contributed by atoms with Crippen LogP contribution in [0.5, 0.6) is 0 Å². The number of hydrogen-bond donors (Lipinski definition) is 2. The van der Waals surface area contributed by atoms with Gasteiger partial charge < -0.3 is 10.6 Å². The van der Waals surface area contributed by atoms with E-state index < -0.39 is 0 Å². The third-order valence-corrected chi connectivity index (χ3v) is 3.44. The number of nitrogens with one attached hydrogen (secondary N) is 2. The van der Waals surface area contributed by atoms with E-state index in [1.54, 1.807) is 48.5 Å². The Morgan fingerprint density at radius 1 is 1.00 bits per heavy atom.